The van der Waals surface area contributed by atoms with E-state index < -0.39 is 10.0 Å². The lowest BCUT2D eigenvalue weighted by atomic mass is 10.2. The number of aryl methyl sites for hydroxylation is 1. The van der Waals surface area contributed by atoms with Crippen LogP contribution in [-0.2, 0) is 10.0 Å². The topological polar surface area (TPSA) is 66.4 Å². The lowest BCUT2D eigenvalue weighted by Gasteiger charge is -2.34. The van der Waals surface area contributed by atoms with Gasteiger partial charge < -0.3 is 4.90 Å². The SMILES string of the molecule is Cc1ccc(S(=O)(=O)N2CCN(c3ncnc4sc(-c5ccccc5)cc34)CC2)cc1. The Kier molecular flexibility index (Phi) is 5.21. The van der Waals surface area contributed by atoms with Crippen molar-refractivity contribution in [3.05, 3.63) is 72.6 Å². The molecule has 6 nitrogen and oxygen atoms in total. The zero-order valence-electron chi connectivity index (χ0n) is 17.1. The van der Waals surface area contributed by atoms with Crippen LogP contribution in [0.2, 0.25) is 0 Å². The molecule has 5 rings (SSSR count). The number of nitrogens with zero attached hydrogens (tertiary/aromatic N) is 4. The maximum absolute atomic E-state index is 13.0. The van der Waals surface area contributed by atoms with E-state index in [1.807, 2.05) is 37.3 Å². The van der Waals surface area contributed by atoms with Gasteiger partial charge >= 0.3 is 0 Å². The zero-order valence-corrected chi connectivity index (χ0v) is 18.7. The summed E-state index contributed by atoms with van der Waals surface area (Å²) in [5.74, 6) is 0.871. The molecule has 0 aliphatic carbocycles. The number of piperazine rings is 1. The van der Waals surface area contributed by atoms with Crippen molar-refractivity contribution in [2.24, 2.45) is 0 Å². The molecule has 4 aromatic rings. The first-order chi connectivity index (χ1) is 15.0. The van der Waals surface area contributed by atoms with Gasteiger partial charge in [-0.05, 0) is 30.7 Å². The van der Waals surface area contributed by atoms with E-state index in [-0.39, 0.29) is 0 Å². The highest BCUT2D eigenvalue weighted by Crippen LogP contribution is 2.36. The molecule has 2 aromatic carbocycles. The Morgan fingerprint density at radius 3 is 2.32 bits per heavy atom. The monoisotopic (exact) mass is 450 g/mol. The number of sulfonamides is 1. The molecule has 31 heavy (non-hydrogen) atoms. The average molecular weight is 451 g/mol. The highest BCUT2D eigenvalue weighted by molar-refractivity contribution is 7.89. The smallest absolute Gasteiger partial charge is 0.243 e. The van der Waals surface area contributed by atoms with Crippen molar-refractivity contribution in [3.8, 4) is 10.4 Å². The first-order valence-corrected chi connectivity index (χ1v) is 12.4. The predicted molar refractivity (Wildman–Crippen MR) is 125 cm³/mol. The van der Waals surface area contributed by atoms with E-state index in [2.05, 4.69) is 33.1 Å². The summed E-state index contributed by atoms with van der Waals surface area (Å²) in [5.41, 5.74) is 2.20. The van der Waals surface area contributed by atoms with Crippen LogP contribution in [0.5, 0.6) is 0 Å². The molecule has 0 atom stereocenters. The van der Waals surface area contributed by atoms with E-state index in [0.717, 1.165) is 32.0 Å². The molecule has 0 amide bonds. The van der Waals surface area contributed by atoms with Crippen LogP contribution in [0.15, 0.2) is 71.9 Å². The van der Waals surface area contributed by atoms with Gasteiger partial charge in [0.15, 0.2) is 0 Å². The molecule has 0 radical (unpaired) electrons. The molecule has 2 aromatic heterocycles. The van der Waals surface area contributed by atoms with Gasteiger partial charge in [0.1, 0.15) is 17.0 Å². The van der Waals surface area contributed by atoms with Gasteiger partial charge in [-0.25, -0.2) is 18.4 Å². The number of fused-ring (bicyclic) bond motifs is 1. The van der Waals surface area contributed by atoms with E-state index in [1.54, 1.807) is 34.1 Å². The Hall–Kier alpha value is -2.81. The second kappa shape index (κ2) is 8.03. The molecule has 0 bridgehead atoms. The van der Waals surface area contributed by atoms with Gasteiger partial charge in [-0.2, -0.15) is 4.31 Å². The third-order valence-electron chi connectivity index (χ3n) is 5.56. The minimum absolute atomic E-state index is 0.348. The number of anilines is 1. The molecule has 0 saturated carbocycles. The summed E-state index contributed by atoms with van der Waals surface area (Å²) in [6.45, 7) is 3.99. The van der Waals surface area contributed by atoms with Crippen molar-refractivity contribution in [2.75, 3.05) is 31.1 Å². The summed E-state index contributed by atoms with van der Waals surface area (Å²) in [6, 6.07) is 19.4. The van der Waals surface area contributed by atoms with Crippen LogP contribution >= 0.6 is 11.3 Å². The van der Waals surface area contributed by atoms with Crippen molar-refractivity contribution in [1.29, 1.82) is 0 Å². The van der Waals surface area contributed by atoms with Crippen molar-refractivity contribution in [1.82, 2.24) is 14.3 Å². The summed E-state index contributed by atoms with van der Waals surface area (Å²) < 4.78 is 27.6. The summed E-state index contributed by atoms with van der Waals surface area (Å²) in [7, 11) is -3.48. The number of hydrogen-bond acceptors (Lipinski definition) is 6. The average Bonchev–Trinajstić information content (AvgIpc) is 3.25. The fraction of sp³-hybridized carbons (Fsp3) is 0.217. The van der Waals surface area contributed by atoms with E-state index in [4.69, 9.17) is 0 Å². The molecule has 8 heteroatoms. The van der Waals surface area contributed by atoms with Crippen LogP contribution in [0.25, 0.3) is 20.7 Å². The van der Waals surface area contributed by atoms with Crippen LogP contribution in [-0.4, -0.2) is 48.9 Å². The van der Waals surface area contributed by atoms with Gasteiger partial charge in [-0.3, -0.25) is 0 Å². The fourth-order valence-electron chi connectivity index (χ4n) is 3.84. The Labute approximate surface area is 185 Å². The molecule has 1 saturated heterocycles. The molecule has 1 aliphatic rings. The second-order valence-electron chi connectivity index (χ2n) is 7.60. The molecule has 1 aliphatic heterocycles. The van der Waals surface area contributed by atoms with Crippen molar-refractivity contribution in [2.45, 2.75) is 11.8 Å². The minimum atomic E-state index is -3.48. The Bertz CT molecular complexity index is 1310. The van der Waals surface area contributed by atoms with Crippen LogP contribution in [0.1, 0.15) is 5.56 Å². The minimum Gasteiger partial charge on any atom is -0.353 e. The fourth-order valence-corrected chi connectivity index (χ4v) is 6.26. The summed E-state index contributed by atoms with van der Waals surface area (Å²) in [6.07, 6.45) is 1.60. The van der Waals surface area contributed by atoms with Crippen molar-refractivity contribution in [3.63, 3.8) is 0 Å². The number of benzene rings is 2. The van der Waals surface area contributed by atoms with E-state index in [1.165, 1.54) is 0 Å². The zero-order chi connectivity index (χ0) is 21.4. The van der Waals surface area contributed by atoms with Crippen molar-refractivity contribution < 1.29 is 8.42 Å². The second-order valence-corrected chi connectivity index (χ2v) is 10.6. The Morgan fingerprint density at radius 2 is 1.61 bits per heavy atom. The molecular formula is C23H22N4O2S2. The normalized spacial score (nSPS) is 15.5. The van der Waals surface area contributed by atoms with Crippen LogP contribution in [0.3, 0.4) is 0 Å². The van der Waals surface area contributed by atoms with E-state index in [9.17, 15) is 8.42 Å². The lowest BCUT2D eigenvalue weighted by molar-refractivity contribution is 0.384. The van der Waals surface area contributed by atoms with Gasteiger partial charge in [-0.15, -0.1) is 11.3 Å². The quantitative estimate of drug-likeness (QED) is 0.467. The molecule has 0 spiro atoms. The third-order valence-corrected chi connectivity index (χ3v) is 8.57. The van der Waals surface area contributed by atoms with Crippen LogP contribution in [0, 0.1) is 6.92 Å². The van der Waals surface area contributed by atoms with Crippen molar-refractivity contribution >= 4 is 37.4 Å². The van der Waals surface area contributed by atoms with E-state index in [0.29, 0.717) is 31.1 Å². The summed E-state index contributed by atoms with van der Waals surface area (Å²) in [4.78, 5) is 13.6. The van der Waals surface area contributed by atoms with Gasteiger partial charge in [0.25, 0.3) is 0 Å². The third kappa shape index (κ3) is 3.82. The van der Waals surface area contributed by atoms with Gasteiger partial charge in [0.2, 0.25) is 10.0 Å². The molecule has 3 heterocycles. The largest absolute Gasteiger partial charge is 0.353 e. The van der Waals surface area contributed by atoms with E-state index >= 15 is 0 Å². The number of hydrogen-bond donors (Lipinski definition) is 0. The Morgan fingerprint density at radius 1 is 0.903 bits per heavy atom. The Balaban J connectivity index is 1.38. The molecule has 0 unspecified atom stereocenters. The molecule has 158 valence electrons. The van der Waals surface area contributed by atoms with Crippen LogP contribution < -0.4 is 4.90 Å². The number of rotatable bonds is 4. The predicted octanol–water partition coefficient (Wildman–Crippen LogP) is 4.18. The maximum Gasteiger partial charge on any atom is 0.243 e. The standard InChI is InChI=1S/C23H22N4O2S2/c1-17-7-9-19(10-8-17)31(28,29)27-13-11-26(12-14-27)22-20-15-21(18-5-3-2-4-6-18)30-23(20)25-16-24-22/h2-10,15-16H,11-14H2,1H3. The van der Waals surface area contributed by atoms with Gasteiger partial charge in [0, 0.05) is 31.1 Å². The molecule has 1 fully saturated rings. The molecule has 0 N–H and O–H groups in total. The highest BCUT2D eigenvalue weighted by atomic mass is 32.2. The first kappa shape index (κ1) is 20.1. The molecular weight excluding hydrogens is 428 g/mol. The summed E-state index contributed by atoms with van der Waals surface area (Å²) >= 11 is 1.65. The highest BCUT2D eigenvalue weighted by Gasteiger charge is 2.29. The maximum atomic E-state index is 13.0. The van der Waals surface area contributed by atoms with Gasteiger partial charge in [-0.1, -0.05) is 48.0 Å². The number of thiophene rings is 1. The number of aromatic nitrogens is 2. The summed E-state index contributed by atoms with van der Waals surface area (Å²) in [5, 5.41) is 1.01. The lowest BCUT2D eigenvalue weighted by Crippen LogP contribution is -2.49. The van der Waals surface area contributed by atoms with Gasteiger partial charge in [0.05, 0.1) is 10.3 Å². The van der Waals surface area contributed by atoms with Crippen LogP contribution in [0.4, 0.5) is 5.82 Å². The first-order valence-electron chi connectivity index (χ1n) is 10.1.